The number of nitrogens with zero attached hydrogens (tertiary/aromatic N) is 1. The van der Waals surface area contributed by atoms with Crippen molar-refractivity contribution in [3.05, 3.63) is 71.7 Å². The van der Waals surface area contributed by atoms with E-state index in [0.29, 0.717) is 16.9 Å². The number of hydrogen-bond donors (Lipinski definition) is 1. The van der Waals surface area contributed by atoms with Gasteiger partial charge in [-0.1, -0.05) is 6.07 Å². The molecular weight excluding hydrogens is 451 g/mol. The Hall–Kier alpha value is -3.50. The molecule has 0 spiro atoms. The summed E-state index contributed by atoms with van der Waals surface area (Å²) in [4.78, 5) is 25.0. The number of furan rings is 1. The number of halogens is 1. The van der Waals surface area contributed by atoms with Crippen LogP contribution in [0.4, 0.5) is 10.1 Å². The maximum Gasteiger partial charge on any atom is 0.375 e. The molecule has 1 amide bonds. The van der Waals surface area contributed by atoms with Gasteiger partial charge in [0, 0.05) is 25.3 Å². The van der Waals surface area contributed by atoms with Crippen molar-refractivity contribution in [2.24, 2.45) is 0 Å². The minimum absolute atomic E-state index is 0.0157. The zero-order valence-electron chi connectivity index (χ0n) is 18.5. The van der Waals surface area contributed by atoms with Crippen LogP contribution in [0, 0.1) is 12.7 Å². The lowest BCUT2D eigenvalue weighted by molar-refractivity contribution is -0.123. The second-order valence-electron chi connectivity index (χ2n) is 7.47. The Balaban J connectivity index is 1.69. The highest BCUT2D eigenvalue weighted by atomic mass is 32.2. The summed E-state index contributed by atoms with van der Waals surface area (Å²) >= 11 is 0. The average Bonchev–Trinajstić information content (AvgIpc) is 3.26. The second-order valence-corrected chi connectivity index (χ2v) is 9.62. The van der Waals surface area contributed by atoms with Crippen LogP contribution in [0.5, 0.6) is 0 Å². The highest BCUT2D eigenvalue weighted by molar-refractivity contribution is 7.89. The number of nitrogens with one attached hydrogen (secondary N) is 1. The van der Waals surface area contributed by atoms with E-state index >= 15 is 0 Å². The quantitative estimate of drug-likeness (QED) is 0.522. The monoisotopic (exact) mass is 474 g/mol. The zero-order valence-corrected chi connectivity index (χ0v) is 19.3. The van der Waals surface area contributed by atoms with Gasteiger partial charge in [-0.05, 0) is 67.9 Å². The van der Waals surface area contributed by atoms with Gasteiger partial charge in [0.25, 0.3) is 5.91 Å². The van der Waals surface area contributed by atoms with Crippen LogP contribution in [-0.2, 0) is 19.6 Å². The van der Waals surface area contributed by atoms with Crippen LogP contribution in [0.25, 0.3) is 11.3 Å². The van der Waals surface area contributed by atoms with E-state index in [1.54, 1.807) is 13.0 Å². The van der Waals surface area contributed by atoms with E-state index in [4.69, 9.17) is 9.15 Å². The van der Waals surface area contributed by atoms with E-state index in [1.165, 1.54) is 69.6 Å². The van der Waals surface area contributed by atoms with Gasteiger partial charge in [0.1, 0.15) is 11.6 Å². The summed E-state index contributed by atoms with van der Waals surface area (Å²) in [5, 5.41) is 2.59. The Bertz CT molecular complexity index is 1280. The van der Waals surface area contributed by atoms with Gasteiger partial charge in [-0.2, -0.15) is 0 Å². The predicted molar refractivity (Wildman–Crippen MR) is 120 cm³/mol. The summed E-state index contributed by atoms with van der Waals surface area (Å²) in [5.41, 5.74) is 1.49. The molecule has 1 atom stereocenters. The van der Waals surface area contributed by atoms with Crippen molar-refractivity contribution in [3.8, 4) is 11.3 Å². The number of aryl methyl sites for hydroxylation is 1. The SMILES string of the molecule is Cc1ccc(S(=O)(=O)N(C)C)cc1NC(=O)C(C)OC(=O)c1ccc(-c2ccc(F)cc2)o1. The van der Waals surface area contributed by atoms with Crippen LogP contribution in [0.1, 0.15) is 23.0 Å². The molecular formula is C23H23FN2O6S. The van der Waals surface area contributed by atoms with Crippen LogP contribution in [0.15, 0.2) is 63.9 Å². The molecule has 10 heteroatoms. The number of esters is 1. The fourth-order valence-corrected chi connectivity index (χ4v) is 3.76. The van der Waals surface area contributed by atoms with E-state index in [1.807, 2.05) is 0 Å². The molecule has 2 aromatic carbocycles. The first-order valence-electron chi connectivity index (χ1n) is 9.90. The summed E-state index contributed by atoms with van der Waals surface area (Å²) in [6, 6.07) is 12.8. The second kappa shape index (κ2) is 9.55. The van der Waals surface area contributed by atoms with E-state index in [0.717, 1.165) is 4.31 Å². The largest absolute Gasteiger partial charge is 0.449 e. The minimum Gasteiger partial charge on any atom is -0.449 e. The van der Waals surface area contributed by atoms with Crippen LogP contribution in [-0.4, -0.2) is 44.8 Å². The summed E-state index contributed by atoms with van der Waals surface area (Å²) in [6.07, 6.45) is -1.19. The van der Waals surface area contributed by atoms with Crippen LogP contribution < -0.4 is 5.32 Å². The number of sulfonamides is 1. The third kappa shape index (κ3) is 5.47. The Morgan fingerprint density at radius 3 is 2.36 bits per heavy atom. The molecule has 33 heavy (non-hydrogen) atoms. The topological polar surface area (TPSA) is 106 Å². The van der Waals surface area contributed by atoms with E-state index < -0.39 is 33.8 Å². The molecule has 1 heterocycles. The standard InChI is InChI=1S/C23H23FN2O6S/c1-14-5-10-18(33(29,30)26(3)4)13-19(14)25-22(27)15(2)31-23(28)21-12-11-20(32-21)16-6-8-17(24)9-7-16/h5-13,15H,1-4H3,(H,25,27). The third-order valence-electron chi connectivity index (χ3n) is 4.83. The number of rotatable bonds is 7. The van der Waals surface area contributed by atoms with E-state index in [-0.39, 0.29) is 16.3 Å². The molecule has 0 bridgehead atoms. The molecule has 8 nitrogen and oxygen atoms in total. The number of anilines is 1. The van der Waals surface area contributed by atoms with Gasteiger partial charge in [-0.3, -0.25) is 4.79 Å². The lowest BCUT2D eigenvalue weighted by atomic mass is 10.2. The minimum atomic E-state index is -3.69. The molecule has 1 aromatic heterocycles. The Labute approximate surface area is 191 Å². The first-order chi connectivity index (χ1) is 15.5. The molecule has 0 aliphatic carbocycles. The van der Waals surface area contributed by atoms with Crippen molar-refractivity contribution in [1.82, 2.24) is 4.31 Å². The molecule has 0 fully saturated rings. The summed E-state index contributed by atoms with van der Waals surface area (Å²) in [5.74, 6) is -1.68. The highest BCUT2D eigenvalue weighted by Crippen LogP contribution is 2.24. The number of carbonyl (C=O) groups excluding carboxylic acids is 2. The number of ether oxygens (including phenoxy) is 1. The smallest absolute Gasteiger partial charge is 0.375 e. The molecule has 0 saturated heterocycles. The summed E-state index contributed by atoms with van der Waals surface area (Å²) in [7, 11) is -0.871. The maximum absolute atomic E-state index is 13.1. The van der Waals surface area contributed by atoms with Gasteiger partial charge >= 0.3 is 5.97 Å². The highest BCUT2D eigenvalue weighted by Gasteiger charge is 2.23. The van der Waals surface area contributed by atoms with E-state index in [9.17, 15) is 22.4 Å². The molecule has 3 rings (SSSR count). The lowest BCUT2D eigenvalue weighted by Crippen LogP contribution is -2.30. The van der Waals surface area contributed by atoms with Crippen molar-refractivity contribution in [2.75, 3.05) is 19.4 Å². The fourth-order valence-electron chi connectivity index (χ4n) is 2.83. The third-order valence-corrected chi connectivity index (χ3v) is 6.65. The average molecular weight is 475 g/mol. The fraction of sp³-hybridized carbons (Fsp3) is 0.217. The van der Waals surface area contributed by atoms with Crippen molar-refractivity contribution < 1.29 is 31.6 Å². The van der Waals surface area contributed by atoms with Crippen molar-refractivity contribution in [3.63, 3.8) is 0 Å². The molecule has 3 aromatic rings. The van der Waals surface area contributed by atoms with Crippen LogP contribution in [0.2, 0.25) is 0 Å². The van der Waals surface area contributed by atoms with Crippen molar-refractivity contribution >= 4 is 27.6 Å². The van der Waals surface area contributed by atoms with Crippen molar-refractivity contribution in [1.29, 1.82) is 0 Å². The molecule has 0 aliphatic heterocycles. The first kappa shape index (κ1) is 24.1. The molecule has 1 N–H and O–H groups in total. The van der Waals surface area contributed by atoms with Gasteiger partial charge in [0.2, 0.25) is 15.8 Å². The number of benzene rings is 2. The van der Waals surface area contributed by atoms with Gasteiger partial charge in [-0.15, -0.1) is 0 Å². The van der Waals surface area contributed by atoms with Gasteiger partial charge in [0.05, 0.1) is 4.90 Å². The molecule has 0 aliphatic rings. The Kier molecular flexibility index (Phi) is 6.99. The summed E-state index contributed by atoms with van der Waals surface area (Å²) in [6.45, 7) is 3.09. The first-order valence-corrected chi connectivity index (χ1v) is 11.3. The zero-order chi connectivity index (χ0) is 24.3. The molecule has 0 saturated carbocycles. The van der Waals surface area contributed by atoms with Crippen LogP contribution >= 0.6 is 0 Å². The van der Waals surface area contributed by atoms with E-state index in [2.05, 4.69) is 5.32 Å². The number of hydrogen-bond acceptors (Lipinski definition) is 6. The van der Waals surface area contributed by atoms with Crippen molar-refractivity contribution in [2.45, 2.75) is 24.8 Å². The normalized spacial score (nSPS) is 12.4. The number of carbonyl (C=O) groups is 2. The Morgan fingerprint density at radius 2 is 1.73 bits per heavy atom. The summed E-state index contributed by atoms with van der Waals surface area (Å²) < 4.78 is 49.5. The van der Waals surface area contributed by atoms with Gasteiger partial charge in [-0.25, -0.2) is 21.9 Å². The lowest BCUT2D eigenvalue weighted by Gasteiger charge is -2.16. The number of amides is 1. The predicted octanol–water partition coefficient (Wildman–Crippen LogP) is 3.83. The molecule has 174 valence electrons. The van der Waals surface area contributed by atoms with Crippen LogP contribution in [0.3, 0.4) is 0 Å². The molecule has 1 unspecified atom stereocenters. The van der Waals surface area contributed by atoms with Gasteiger partial charge < -0.3 is 14.5 Å². The van der Waals surface area contributed by atoms with Gasteiger partial charge in [0.15, 0.2) is 6.10 Å². The molecule has 0 radical (unpaired) electrons. The maximum atomic E-state index is 13.1. The Morgan fingerprint density at radius 1 is 1.06 bits per heavy atom.